The number of nitrogens with two attached hydrogens (primary N) is 1. The van der Waals surface area contributed by atoms with E-state index in [1.54, 1.807) is 55.7 Å². The lowest BCUT2D eigenvalue weighted by Gasteiger charge is -2.22. The van der Waals surface area contributed by atoms with Crippen LogP contribution in [0.5, 0.6) is 0 Å². The van der Waals surface area contributed by atoms with Crippen molar-refractivity contribution in [2.45, 2.75) is 26.3 Å². The van der Waals surface area contributed by atoms with E-state index >= 15 is 0 Å². The first kappa shape index (κ1) is 20.1. The Balaban J connectivity index is 1.98. The highest BCUT2D eigenvalue weighted by Crippen LogP contribution is 2.17. The van der Waals surface area contributed by atoms with E-state index < -0.39 is 6.04 Å². The molecule has 1 heterocycles. The van der Waals surface area contributed by atoms with Gasteiger partial charge in [0.15, 0.2) is 0 Å². The summed E-state index contributed by atoms with van der Waals surface area (Å²) in [5, 5.41) is 4.00. The average molecular weight is 369 g/mol. The summed E-state index contributed by atoms with van der Waals surface area (Å²) in [4.78, 5) is 39.5. The van der Waals surface area contributed by atoms with Crippen molar-refractivity contribution in [1.29, 1.82) is 0 Å². The van der Waals surface area contributed by atoms with Gasteiger partial charge >= 0.3 is 0 Å². The van der Waals surface area contributed by atoms with Crippen molar-refractivity contribution in [2.75, 3.05) is 11.9 Å². The predicted molar refractivity (Wildman–Crippen MR) is 101 cm³/mol. The second-order valence-electron chi connectivity index (χ2n) is 5.93. The van der Waals surface area contributed by atoms with E-state index in [4.69, 9.17) is 5.73 Å². The fourth-order valence-electron chi connectivity index (χ4n) is 2.44. The van der Waals surface area contributed by atoms with Gasteiger partial charge in [-0.3, -0.25) is 29.8 Å². The fourth-order valence-corrected chi connectivity index (χ4v) is 2.44. The Labute approximate surface area is 157 Å². The Bertz CT molecular complexity index is 793. The molecule has 1 aromatic carbocycles. The second-order valence-corrected chi connectivity index (χ2v) is 5.93. The summed E-state index contributed by atoms with van der Waals surface area (Å²) >= 11 is 0. The molecular weight excluding hydrogens is 346 g/mol. The Morgan fingerprint density at radius 2 is 1.74 bits per heavy atom. The zero-order valence-electron chi connectivity index (χ0n) is 15.3. The number of anilines is 1. The highest BCUT2D eigenvalue weighted by molar-refractivity contribution is 6.04. The normalized spacial score (nSPS) is 11.4. The summed E-state index contributed by atoms with van der Waals surface area (Å²) in [5.74, 6) is -0.844. The molecule has 3 amide bonds. The molecule has 0 saturated heterocycles. The van der Waals surface area contributed by atoms with E-state index in [0.29, 0.717) is 17.8 Å². The first-order chi connectivity index (χ1) is 12.9. The van der Waals surface area contributed by atoms with Gasteiger partial charge in [0.05, 0.1) is 0 Å². The van der Waals surface area contributed by atoms with Gasteiger partial charge in [-0.15, -0.1) is 0 Å². The molecule has 0 fully saturated rings. The van der Waals surface area contributed by atoms with Crippen LogP contribution in [0.2, 0.25) is 0 Å². The van der Waals surface area contributed by atoms with Crippen LogP contribution in [0.4, 0.5) is 5.69 Å². The van der Waals surface area contributed by atoms with E-state index in [0.717, 1.165) is 5.56 Å². The Kier molecular flexibility index (Phi) is 7.01. The molecule has 1 aromatic heterocycles. The number of benzene rings is 1. The number of amides is 3. The number of rotatable bonds is 6. The highest BCUT2D eigenvalue weighted by atomic mass is 16.2. The summed E-state index contributed by atoms with van der Waals surface area (Å²) in [7, 11) is 0. The van der Waals surface area contributed by atoms with Crippen LogP contribution in [0.15, 0.2) is 48.8 Å². The monoisotopic (exact) mass is 369 g/mol. The maximum Gasteiger partial charge on any atom is 0.255 e. The quantitative estimate of drug-likeness (QED) is 0.669. The topological polar surface area (TPSA) is 117 Å². The number of aromatic nitrogens is 1. The summed E-state index contributed by atoms with van der Waals surface area (Å²) in [6.45, 7) is 3.44. The minimum atomic E-state index is -0.544. The zero-order valence-corrected chi connectivity index (χ0v) is 15.3. The van der Waals surface area contributed by atoms with Crippen LogP contribution in [0.25, 0.3) is 0 Å². The van der Waals surface area contributed by atoms with Crippen LogP contribution >= 0.6 is 0 Å². The third-order valence-electron chi connectivity index (χ3n) is 3.84. The number of nitrogens with zero attached hydrogens (tertiary/aromatic N) is 2. The predicted octanol–water partition coefficient (Wildman–Crippen LogP) is 1.62. The SMILES string of the molecule is CCN(NC(C)=O)C(=O)CC(N)c1ccc(C(=O)Nc2ccncc2)cc1. The summed E-state index contributed by atoms with van der Waals surface area (Å²) < 4.78 is 0. The van der Waals surface area contributed by atoms with E-state index in [9.17, 15) is 14.4 Å². The molecular formula is C19H23N5O3. The van der Waals surface area contributed by atoms with Crippen molar-refractivity contribution in [3.63, 3.8) is 0 Å². The van der Waals surface area contributed by atoms with E-state index in [1.165, 1.54) is 11.9 Å². The maximum absolute atomic E-state index is 12.2. The van der Waals surface area contributed by atoms with Gasteiger partial charge < -0.3 is 11.1 Å². The molecule has 4 N–H and O–H groups in total. The summed E-state index contributed by atoms with van der Waals surface area (Å²) in [6, 6.07) is 9.59. The lowest BCUT2D eigenvalue weighted by Crippen LogP contribution is -2.45. The van der Waals surface area contributed by atoms with Crippen LogP contribution in [0, 0.1) is 0 Å². The molecule has 0 aliphatic carbocycles. The van der Waals surface area contributed by atoms with E-state index in [2.05, 4.69) is 15.7 Å². The van der Waals surface area contributed by atoms with Crippen molar-refractivity contribution < 1.29 is 14.4 Å². The van der Waals surface area contributed by atoms with Gasteiger partial charge in [-0.2, -0.15) is 0 Å². The number of carbonyl (C=O) groups is 3. The third-order valence-corrected chi connectivity index (χ3v) is 3.84. The van der Waals surface area contributed by atoms with Gasteiger partial charge in [0, 0.05) is 49.6 Å². The van der Waals surface area contributed by atoms with Gasteiger partial charge in [0.25, 0.3) is 5.91 Å². The van der Waals surface area contributed by atoms with Crippen molar-refractivity contribution in [3.05, 3.63) is 59.9 Å². The highest BCUT2D eigenvalue weighted by Gasteiger charge is 2.18. The minimum Gasteiger partial charge on any atom is -0.324 e. The number of hydrogen-bond acceptors (Lipinski definition) is 5. The molecule has 0 bridgehead atoms. The second kappa shape index (κ2) is 9.44. The molecule has 1 atom stereocenters. The molecule has 142 valence electrons. The lowest BCUT2D eigenvalue weighted by molar-refractivity contribution is -0.140. The molecule has 2 aromatic rings. The fraction of sp³-hybridized carbons (Fsp3) is 0.263. The largest absolute Gasteiger partial charge is 0.324 e. The molecule has 8 heteroatoms. The molecule has 8 nitrogen and oxygen atoms in total. The number of hydrogen-bond donors (Lipinski definition) is 3. The molecule has 2 rings (SSSR count). The van der Waals surface area contributed by atoms with Crippen LogP contribution in [-0.2, 0) is 9.59 Å². The molecule has 0 radical (unpaired) electrons. The van der Waals surface area contributed by atoms with E-state index in [1.807, 2.05) is 0 Å². The number of nitrogens with one attached hydrogen (secondary N) is 2. The zero-order chi connectivity index (χ0) is 19.8. The van der Waals surface area contributed by atoms with Crippen molar-refractivity contribution in [3.8, 4) is 0 Å². The average Bonchev–Trinajstić information content (AvgIpc) is 2.66. The smallest absolute Gasteiger partial charge is 0.255 e. The number of hydrazine groups is 1. The number of carbonyl (C=O) groups excluding carboxylic acids is 3. The van der Waals surface area contributed by atoms with Crippen LogP contribution < -0.4 is 16.5 Å². The molecule has 0 spiro atoms. The molecule has 1 unspecified atom stereocenters. The van der Waals surface area contributed by atoms with Crippen molar-refractivity contribution in [1.82, 2.24) is 15.4 Å². The Morgan fingerprint density at radius 1 is 1.11 bits per heavy atom. The van der Waals surface area contributed by atoms with E-state index in [-0.39, 0.29) is 24.1 Å². The van der Waals surface area contributed by atoms with Gasteiger partial charge in [-0.1, -0.05) is 12.1 Å². The van der Waals surface area contributed by atoms with Gasteiger partial charge in [0.1, 0.15) is 0 Å². The lowest BCUT2D eigenvalue weighted by atomic mass is 10.0. The molecule has 0 saturated carbocycles. The summed E-state index contributed by atoms with van der Waals surface area (Å²) in [6.07, 6.45) is 3.22. The first-order valence-corrected chi connectivity index (χ1v) is 8.55. The van der Waals surface area contributed by atoms with Crippen LogP contribution in [0.3, 0.4) is 0 Å². The summed E-state index contributed by atoms with van der Waals surface area (Å²) in [5.41, 5.74) is 10.4. The maximum atomic E-state index is 12.2. The molecule has 27 heavy (non-hydrogen) atoms. The molecule has 0 aliphatic heterocycles. The molecule has 0 aliphatic rings. The van der Waals surface area contributed by atoms with Crippen molar-refractivity contribution >= 4 is 23.4 Å². The number of pyridine rings is 1. The standard InChI is InChI=1S/C19H23N5O3/c1-3-24(23-13(2)25)18(26)12-17(20)14-4-6-15(7-5-14)19(27)22-16-8-10-21-11-9-16/h4-11,17H,3,12,20H2,1-2H3,(H,23,25)(H,21,22,27). The van der Waals surface area contributed by atoms with Gasteiger partial charge in [-0.05, 0) is 36.8 Å². The van der Waals surface area contributed by atoms with Crippen molar-refractivity contribution in [2.24, 2.45) is 5.73 Å². The van der Waals surface area contributed by atoms with Gasteiger partial charge in [0.2, 0.25) is 11.8 Å². The Morgan fingerprint density at radius 3 is 2.30 bits per heavy atom. The third kappa shape index (κ3) is 5.89. The van der Waals surface area contributed by atoms with Crippen LogP contribution in [-0.4, -0.2) is 34.3 Å². The van der Waals surface area contributed by atoms with Gasteiger partial charge in [-0.25, -0.2) is 0 Å². The van der Waals surface area contributed by atoms with Crippen LogP contribution in [0.1, 0.15) is 42.2 Å². The Hall–Kier alpha value is -3.26. The minimum absolute atomic E-state index is 0.0384. The first-order valence-electron chi connectivity index (χ1n) is 8.55.